The Balaban J connectivity index is 1.36. The van der Waals surface area contributed by atoms with Crippen LogP contribution in [-0.4, -0.2) is 45.0 Å². The fraction of sp³-hybridized carbons (Fsp3) is 0.409. The molecule has 1 unspecified atom stereocenters. The van der Waals surface area contributed by atoms with Gasteiger partial charge in [0.05, 0.1) is 23.4 Å². The highest BCUT2D eigenvalue weighted by Gasteiger charge is 2.23. The zero-order valence-corrected chi connectivity index (χ0v) is 16.1. The minimum atomic E-state index is 0.0729. The maximum atomic E-state index is 12.5. The largest absolute Gasteiger partial charge is 0.354 e. The standard InChI is InChI=1S/C22H27N5O/c28-22(10-14-27-17-25-19-8-2-3-9-20(19)27)24-16-21(18-7-6-11-23-15-18)26-12-4-1-5-13-26/h2-3,6-9,11,15,17,21H,1,4-5,10,12-14,16H2,(H,24,28). The summed E-state index contributed by atoms with van der Waals surface area (Å²) in [7, 11) is 0. The number of nitrogens with zero attached hydrogens (tertiary/aromatic N) is 4. The van der Waals surface area contributed by atoms with Gasteiger partial charge in [-0.3, -0.25) is 14.7 Å². The smallest absolute Gasteiger partial charge is 0.221 e. The molecule has 2 aromatic heterocycles. The van der Waals surface area contributed by atoms with E-state index in [4.69, 9.17) is 0 Å². The van der Waals surface area contributed by atoms with Gasteiger partial charge in [0, 0.05) is 31.9 Å². The number of benzene rings is 1. The zero-order valence-electron chi connectivity index (χ0n) is 16.1. The number of aromatic nitrogens is 3. The van der Waals surface area contributed by atoms with Crippen molar-refractivity contribution in [1.29, 1.82) is 0 Å². The van der Waals surface area contributed by atoms with E-state index in [0.29, 0.717) is 19.5 Å². The number of hydrogen-bond acceptors (Lipinski definition) is 4. The van der Waals surface area contributed by atoms with E-state index >= 15 is 0 Å². The van der Waals surface area contributed by atoms with Crippen molar-refractivity contribution in [2.45, 2.75) is 38.3 Å². The van der Waals surface area contributed by atoms with Crippen LogP contribution in [0.5, 0.6) is 0 Å². The van der Waals surface area contributed by atoms with Gasteiger partial charge in [-0.15, -0.1) is 0 Å². The number of hydrogen-bond donors (Lipinski definition) is 1. The maximum Gasteiger partial charge on any atom is 0.221 e. The van der Waals surface area contributed by atoms with Gasteiger partial charge in [0.2, 0.25) is 5.91 Å². The first-order chi connectivity index (χ1) is 13.8. The van der Waals surface area contributed by atoms with Crippen LogP contribution in [0.15, 0.2) is 55.1 Å². The van der Waals surface area contributed by atoms with Crippen LogP contribution in [0.2, 0.25) is 0 Å². The van der Waals surface area contributed by atoms with Crippen molar-refractivity contribution in [1.82, 2.24) is 24.8 Å². The minimum Gasteiger partial charge on any atom is -0.354 e. The van der Waals surface area contributed by atoms with Crippen molar-refractivity contribution in [3.8, 4) is 0 Å². The fourth-order valence-electron chi connectivity index (χ4n) is 3.97. The summed E-state index contributed by atoms with van der Waals surface area (Å²) < 4.78 is 2.04. The first-order valence-corrected chi connectivity index (χ1v) is 10.1. The van der Waals surface area contributed by atoms with Gasteiger partial charge in [0.15, 0.2) is 0 Å². The van der Waals surface area contributed by atoms with Crippen LogP contribution < -0.4 is 5.32 Å². The molecule has 1 saturated heterocycles. The van der Waals surface area contributed by atoms with E-state index in [0.717, 1.165) is 24.1 Å². The van der Waals surface area contributed by atoms with Crippen molar-refractivity contribution in [3.63, 3.8) is 0 Å². The lowest BCUT2D eigenvalue weighted by molar-refractivity contribution is -0.121. The van der Waals surface area contributed by atoms with Gasteiger partial charge in [0.1, 0.15) is 0 Å². The molecule has 0 saturated carbocycles. The predicted molar refractivity (Wildman–Crippen MR) is 110 cm³/mol. The second-order valence-corrected chi connectivity index (χ2v) is 7.38. The summed E-state index contributed by atoms with van der Waals surface area (Å²) in [6, 6.07) is 12.3. The van der Waals surface area contributed by atoms with Crippen molar-refractivity contribution in [3.05, 3.63) is 60.7 Å². The molecule has 4 rings (SSSR count). The third kappa shape index (κ3) is 4.39. The topological polar surface area (TPSA) is 63.1 Å². The maximum absolute atomic E-state index is 12.5. The second-order valence-electron chi connectivity index (χ2n) is 7.38. The average molecular weight is 377 g/mol. The molecule has 0 aliphatic carbocycles. The summed E-state index contributed by atoms with van der Waals surface area (Å²) >= 11 is 0. The molecular formula is C22H27N5O. The van der Waals surface area contributed by atoms with E-state index in [-0.39, 0.29) is 11.9 Å². The molecule has 3 heterocycles. The predicted octanol–water partition coefficient (Wildman–Crippen LogP) is 3.16. The Kier molecular flexibility index (Phi) is 5.97. The van der Waals surface area contributed by atoms with Gasteiger partial charge in [-0.1, -0.05) is 24.6 Å². The molecule has 1 aromatic carbocycles. The van der Waals surface area contributed by atoms with Crippen LogP contribution in [0.25, 0.3) is 11.0 Å². The average Bonchev–Trinajstić information content (AvgIpc) is 3.17. The third-order valence-electron chi connectivity index (χ3n) is 5.50. The Hall–Kier alpha value is -2.73. The normalized spacial score (nSPS) is 16.1. The number of nitrogens with one attached hydrogen (secondary N) is 1. The number of pyridine rings is 1. The van der Waals surface area contributed by atoms with Gasteiger partial charge in [0.25, 0.3) is 0 Å². The molecule has 146 valence electrons. The van der Waals surface area contributed by atoms with E-state index in [2.05, 4.69) is 26.3 Å². The monoisotopic (exact) mass is 377 g/mol. The van der Waals surface area contributed by atoms with E-state index in [1.54, 1.807) is 6.20 Å². The van der Waals surface area contributed by atoms with E-state index in [9.17, 15) is 4.79 Å². The number of imidazole rings is 1. The molecule has 3 aromatic rings. The fourth-order valence-corrected chi connectivity index (χ4v) is 3.97. The van der Waals surface area contributed by atoms with Gasteiger partial charge in [-0.25, -0.2) is 4.98 Å². The molecule has 1 atom stereocenters. The number of para-hydroxylation sites is 2. The molecule has 1 aliphatic rings. The molecule has 1 fully saturated rings. The number of aryl methyl sites for hydroxylation is 1. The summed E-state index contributed by atoms with van der Waals surface area (Å²) in [5, 5.41) is 3.15. The molecule has 6 heteroatoms. The molecule has 6 nitrogen and oxygen atoms in total. The summed E-state index contributed by atoms with van der Waals surface area (Å²) in [6.07, 6.45) is 9.70. The Bertz CT molecular complexity index is 901. The lowest BCUT2D eigenvalue weighted by Crippen LogP contribution is -2.40. The third-order valence-corrected chi connectivity index (χ3v) is 5.50. The van der Waals surface area contributed by atoms with Crippen LogP contribution in [-0.2, 0) is 11.3 Å². The Morgan fingerprint density at radius 2 is 1.96 bits per heavy atom. The first kappa shape index (κ1) is 18.6. The van der Waals surface area contributed by atoms with E-state index < -0.39 is 0 Å². The van der Waals surface area contributed by atoms with E-state index in [1.807, 2.05) is 47.4 Å². The lowest BCUT2D eigenvalue weighted by atomic mass is 10.0. The number of rotatable bonds is 7. The van der Waals surface area contributed by atoms with Crippen LogP contribution >= 0.6 is 0 Å². The number of piperidine rings is 1. The Morgan fingerprint density at radius 3 is 2.79 bits per heavy atom. The molecule has 0 radical (unpaired) electrons. The molecular weight excluding hydrogens is 350 g/mol. The van der Waals surface area contributed by atoms with Crippen LogP contribution in [0.3, 0.4) is 0 Å². The second kappa shape index (κ2) is 8.97. The summed E-state index contributed by atoms with van der Waals surface area (Å²) in [5.74, 6) is 0.0729. The molecule has 0 spiro atoms. The number of likely N-dealkylation sites (tertiary alicyclic amines) is 1. The van der Waals surface area contributed by atoms with Crippen molar-refractivity contribution in [2.24, 2.45) is 0 Å². The van der Waals surface area contributed by atoms with Gasteiger partial charge in [-0.2, -0.15) is 0 Å². The Morgan fingerprint density at radius 1 is 1.11 bits per heavy atom. The van der Waals surface area contributed by atoms with Crippen LogP contribution in [0.1, 0.15) is 37.3 Å². The quantitative estimate of drug-likeness (QED) is 0.687. The number of carbonyl (C=O) groups excluding carboxylic acids is 1. The summed E-state index contributed by atoms with van der Waals surface area (Å²) in [6.45, 7) is 3.41. The highest BCUT2D eigenvalue weighted by atomic mass is 16.1. The summed E-state index contributed by atoms with van der Waals surface area (Å²) in [4.78, 5) is 23.7. The van der Waals surface area contributed by atoms with Gasteiger partial charge < -0.3 is 9.88 Å². The Labute approximate surface area is 165 Å². The minimum absolute atomic E-state index is 0.0729. The SMILES string of the molecule is O=C(CCn1cnc2ccccc21)NCC(c1cccnc1)N1CCCCC1. The first-order valence-electron chi connectivity index (χ1n) is 10.1. The van der Waals surface area contributed by atoms with Crippen molar-refractivity contribution < 1.29 is 4.79 Å². The molecule has 1 N–H and O–H groups in total. The van der Waals surface area contributed by atoms with Crippen molar-refractivity contribution >= 4 is 16.9 Å². The van der Waals surface area contributed by atoms with E-state index in [1.165, 1.54) is 24.8 Å². The zero-order chi connectivity index (χ0) is 19.2. The van der Waals surface area contributed by atoms with Gasteiger partial charge in [-0.05, 0) is 49.7 Å². The highest BCUT2D eigenvalue weighted by molar-refractivity contribution is 5.77. The highest BCUT2D eigenvalue weighted by Crippen LogP contribution is 2.23. The lowest BCUT2D eigenvalue weighted by Gasteiger charge is -2.34. The number of fused-ring (bicyclic) bond motifs is 1. The van der Waals surface area contributed by atoms with Crippen LogP contribution in [0.4, 0.5) is 0 Å². The molecule has 1 aliphatic heterocycles. The number of carbonyl (C=O) groups is 1. The molecule has 28 heavy (non-hydrogen) atoms. The summed E-state index contributed by atoms with van der Waals surface area (Å²) in [5.41, 5.74) is 3.20. The van der Waals surface area contributed by atoms with Crippen LogP contribution in [0, 0.1) is 0 Å². The number of amides is 1. The molecule has 1 amide bonds. The van der Waals surface area contributed by atoms with Crippen molar-refractivity contribution in [2.75, 3.05) is 19.6 Å². The molecule has 0 bridgehead atoms. The van der Waals surface area contributed by atoms with Gasteiger partial charge >= 0.3 is 0 Å².